The molecule has 2 fully saturated rings. The van der Waals surface area contributed by atoms with Gasteiger partial charge in [-0.25, -0.2) is 0 Å². The van der Waals surface area contributed by atoms with Gasteiger partial charge in [-0.15, -0.1) is 0 Å². The van der Waals surface area contributed by atoms with Gasteiger partial charge in [0.15, 0.2) is 29.7 Å². The molecule has 7 amide bonds. The Bertz CT molecular complexity index is 4150. The number of likely N-dealkylation sites (N-methyl/N-ethyl adjacent to an activating group) is 1. The van der Waals surface area contributed by atoms with Crippen LogP contribution in [0.2, 0.25) is 10.0 Å². The molecule has 103 heavy (non-hydrogen) atoms. The second-order valence-electron chi connectivity index (χ2n) is 26.8. The van der Waals surface area contributed by atoms with Gasteiger partial charge in [0.2, 0.25) is 53.4 Å². The summed E-state index contributed by atoms with van der Waals surface area (Å²) in [6.45, 7) is 10.1. The molecule has 12 rings (SSSR count). The smallest absolute Gasteiger partial charge is 0.248 e. The zero-order valence-corrected chi connectivity index (χ0v) is 58.4. The van der Waals surface area contributed by atoms with Crippen LogP contribution in [0.1, 0.15) is 131 Å². The van der Waals surface area contributed by atoms with Gasteiger partial charge in [0, 0.05) is 34.6 Å². The zero-order valence-electron chi connectivity index (χ0n) is 56.9. The van der Waals surface area contributed by atoms with Crippen molar-refractivity contribution in [2.45, 2.75) is 177 Å². The number of benzene rings is 5. The topological polar surface area (TPSA) is 484 Å². The number of nitrogens with two attached hydrogens (primary N) is 1. The van der Waals surface area contributed by atoms with Crippen molar-refractivity contribution in [3.63, 3.8) is 0 Å². The van der Waals surface area contributed by atoms with Crippen molar-refractivity contribution in [3.8, 4) is 57.1 Å². The lowest BCUT2D eigenvalue weighted by Crippen LogP contribution is -2.65. The number of nitrogens with one attached hydrogen (secondary N) is 7. The maximum absolute atomic E-state index is 16.1. The Hall–Kier alpha value is -8.96. The predicted molar refractivity (Wildman–Crippen MR) is 363 cm³/mol. The number of rotatable bonds is 14. The number of primary amides is 1. The minimum absolute atomic E-state index is 0.0263. The summed E-state index contributed by atoms with van der Waals surface area (Å²) in [5.74, 6) is -14.5. The highest BCUT2D eigenvalue weighted by Crippen LogP contribution is 2.50. The first kappa shape index (κ1) is 76.7. The van der Waals surface area contributed by atoms with Crippen molar-refractivity contribution in [2.75, 3.05) is 13.7 Å². The van der Waals surface area contributed by atoms with Crippen molar-refractivity contribution in [2.24, 2.45) is 17.6 Å². The van der Waals surface area contributed by atoms with Crippen LogP contribution in [0.3, 0.4) is 0 Å². The maximum atomic E-state index is 16.1. The lowest BCUT2D eigenvalue weighted by molar-refractivity contribution is -0.334. The Kier molecular flexibility index (Phi) is 23.2. The minimum Gasteiger partial charge on any atom is -0.508 e. The lowest BCUT2D eigenvalue weighted by atomic mass is 9.85. The molecular formula is C70H82Cl2N8O23. The molecule has 0 radical (unpaired) electrons. The molecular weight excluding hydrogens is 1390 g/mol. The zero-order chi connectivity index (χ0) is 75.1. The van der Waals surface area contributed by atoms with Gasteiger partial charge in [-0.05, 0) is 136 Å². The Morgan fingerprint density at radius 2 is 1.33 bits per heavy atom. The number of hydrogen-bond donors (Lipinski definition) is 17. The highest BCUT2D eigenvalue weighted by Gasteiger charge is 2.52. The number of fused-ring (bicyclic) bond motifs is 15. The van der Waals surface area contributed by atoms with Crippen LogP contribution in [0, 0.1) is 18.8 Å². The van der Waals surface area contributed by atoms with E-state index < -0.39 is 209 Å². The molecule has 7 aliphatic rings. The van der Waals surface area contributed by atoms with E-state index in [2.05, 4.69) is 37.2 Å². The number of amides is 7. The van der Waals surface area contributed by atoms with Crippen molar-refractivity contribution in [1.29, 1.82) is 0 Å². The summed E-state index contributed by atoms with van der Waals surface area (Å²) < 4.78 is 38.8. The summed E-state index contributed by atoms with van der Waals surface area (Å²) in [5.41, 5.74) is 2.46. The number of Topliss-reactive ketones (excluding diaryl/α,β-unsaturated/α-hetero) is 1. The fourth-order valence-corrected chi connectivity index (χ4v) is 13.6. The van der Waals surface area contributed by atoms with Crippen LogP contribution in [0.4, 0.5) is 0 Å². The molecule has 0 saturated carbocycles. The number of hydrogen-bond acceptors (Lipinski definition) is 24. The number of aromatic hydroxyl groups is 3. The molecule has 7 heterocycles. The second kappa shape index (κ2) is 31.2. The molecule has 5 aromatic rings. The van der Waals surface area contributed by atoms with Crippen LogP contribution in [0.5, 0.6) is 46.0 Å². The van der Waals surface area contributed by atoms with Crippen LogP contribution in [0.15, 0.2) is 72.8 Å². The molecule has 7 aliphatic heterocycles. The molecule has 18 atom stereocenters. The number of halogens is 2. The van der Waals surface area contributed by atoms with Crippen molar-refractivity contribution >= 4 is 70.3 Å². The number of ketones is 1. The maximum Gasteiger partial charge on any atom is 0.248 e. The van der Waals surface area contributed by atoms with Gasteiger partial charge in [-0.2, -0.15) is 0 Å². The summed E-state index contributed by atoms with van der Waals surface area (Å²) >= 11 is 14.2. The highest BCUT2D eigenvalue weighted by molar-refractivity contribution is 6.32. The van der Waals surface area contributed by atoms with Gasteiger partial charge < -0.3 is 117 Å². The van der Waals surface area contributed by atoms with Crippen LogP contribution < -0.4 is 57.2 Å². The monoisotopic (exact) mass is 1470 g/mol. The van der Waals surface area contributed by atoms with E-state index in [1.165, 1.54) is 37.3 Å². The largest absolute Gasteiger partial charge is 0.508 e. The van der Waals surface area contributed by atoms with Crippen LogP contribution in [0.25, 0.3) is 11.1 Å². The third kappa shape index (κ3) is 15.9. The predicted octanol–water partition coefficient (Wildman–Crippen LogP) is 2.62. The van der Waals surface area contributed by atoms with E-state index >= 15 is 19.2 Å². The standard InChI is InChI=1S/C70H82Cl2N8O23/c1-9-30(16-26(2)3)63(92)79-53-56(87)32-11-14-42(37(71)18-32)99-44-20-34-21-45(60(44)103-69-61(59(90)58(89)46(25-81)101-69)102-48-24-70(7,74-8)62(91)29(6)98-48)100-43-15-12-33(19-38(43)72)57(88)54-68(97)76-50(28(5)82)36-22-41(84)27(4)55(86)49(36)35-17-31(10-13-40(35)83)51(65(94)80-54)78-66(95)52(34)77-64(93)39(23-47(73)85)75-67(53)96/h10-15,17-22,26,29-30,39,46,48,50-54,56-59,61-62,69,74,81,83-84,86-91H,9,16,23-25H2,1-8H3,(H2,73,85)(H,75,96)(H,76,97)(H,77,93)(H,78,95)(H,79,92)(H,80,94). The van der Waals surface area contributed by atoms with E-state index in [1.807, 2.05) is 13.8 Å². The van der Waals surface area contributed by atoms with Gasteiger partial charge in [0.1, 0.15) is 95.5 Å². The quantitative estimate of drug-likeness (QED) is 0.0760. The van der Waals surface area contributed by atoms with E-state index in [0.29, 0.717) is 6.42 Å². The number of carbonyl (C=O) groups excluding carboxylic acids is 8. The number of aliphatic hydroxyl groups excluding tert-OH is 6. The Morgan fingerprint density at radius 1 is 0.728 bits per heavy atom. The molecule has 0 aliphatic carbocycles. The number of aliphatic hydroxyl groups is 6. The van der Waals surface area contributed by atoms with Gasteiger partial charge in [-0.3, -0.25) is 38.4 Å². The molecule has 0 aromatic heterocycles. The average molecular weight is 1470 g/mol. The molecule has 31 nitrogen and oxygen atoms in total. The Morgan fingerprint density at radius 3 is 1.91 bits per heavy atom. The van der Waals surface area contributed by atoms with Crippen molar-refractivity contribution in [1.82, 2.24) is 37.2 Å². The average Bonchev–Trinajstić information content (AvgIpc) is 0.762. The normalized spacial score (nSPS) is 29.1. The molecule has 18 N–H and O–H groups in total. The third-order valence-electron chi connectivity index (χ3n) is 19.1. The first-order valence-electron chi connectivity index (χ1n) is 33.1. The van der Waals surface area contributed by atoms with E-state index in [1.54, 1.807) is 27.8 Å². The van der Waals surface area contributed by atoms with E-state index in [9.17, 15) is 65.1 Å². The summed E-state index contributed by atoms with van der Waals surface area (Å²) in [6.07, 6.45) is -17.4. The minimum atomic E-state index is -2.31. The molecule has 11 bridgehead atoms. The number of phenolic OH excluding ortho intramolecular Hbond substituents is 3. The Balaban J connectivity index is 1.24. The van der Waals surface area contributed by atoms with Crippen LogP contribution >= 0.6 is 23.2 Å². The summed E-state index contributed by atoms with van der Waals surface area (Å²) in [7, 11) is 1.59. The SMILES string of the molecule is CCC(CC(C)C)C(=O)NC1C(=O)NC(CC(N)=O)C(=O)NC2C(=O)NC3C(=O)NC(C(=O)NC(C(C)=O)c4cc(O)c(C)c(O)c4-c4cc3ccc4O)C(O)c3ccc(c(Cl)c3)Oc3cc2cc(c3OC2OC(CO)C(O)C(O)C2OC2CC(C)(NC)C(O)C(C)O2)Oc2ccc(cc2Cl)C1O. The Labute approximate surface area is 599 Å². The van der Waals surface area contributed by atoms with Gasteiger partial charge >= 0.3 is 0 Å². The summed E-state index contributed by atoms with van der Waals surface area (Å²) in [6, 6.07) is 1.09. The summed E-state index contributed by atoms with van der Waals surface area (Å²) in [5, 5.41) is 122. The first-order valence-corrected chi connectivity index (χ1v) is 33.9. The van der Waals surface area contributed by atoms with Gasteiger partial charge in [-0.1, -0.05) is 62.2 Å². The fraction of sp³-hybridized carbons (Fsp3) is 0.457. The molecule has 18 unspecified atom stereocenters. The van der Waals surface area contributed by atoms with Gasteiger partial charge in [0.25, 0.3) is 0 Å². The number of carbonyl (C=O) groups is 8. The lowest BCUT2D eigenvalue weighted by Gasteiger charge is -2.48. The first-order chi connectivity index (χ1) is 48.6. The van der Waals surface area contributed by atoms with Crippen LogP contribution in [-0.2, 0) is 52.6 Å². The number of phenols is 3. The number of ether oxygens (including phenoxy) is 6. The third-order valence-corrected chi connectivity index (χ3v) is 19.7. The molecule has 33 heteroatoms. The molecule has 2 saturated heterocycles. The van der Waals surface area contributed by atoms with E-state index in [-0.39, 0.29) is 79.2 Å². The van der Waals surface area contributed by atoms with E-state index in [4.69, 9.17) is 57.4 Å². The van der Waals surface area contributed by atoms with Crippen LogP contribution in [-0.4, -0.2) is 180 Å². The summed E-state index contributed by atoms with van der Waals surface area (Å²) in [4.78, 5) is 118. The highest BCUT2D eigenvalue weighted by atomic mass is 35.5. The fourth-order valence-electron chi connectivity index (χ4n) is 13.2. The van der Waals surface area contributed by atoms with E-state index in [0.717, 1.165) is 49.4 Å². The van der Waals surface area contributed by atoms with Crippen molar-refractivity contribution in [3.05, 3.63) is 116 Å². The van der Waals surface area contributed by atoms with Crippen molar-refractivity contribution < 1.29 is 113 Å². The van der Waals surface area contributed by atoms with Gasteiger partial charge in [0.05, 0.1) is 35.3 Å². The second-order valence-corrected chi connectivity index (χ2v) is 27.6. The molecule has 554 valence electrons. The molecule has 5 aromatic carbocycles. The molecule has 0 spiro atoms.